The first-order chi connectivity index (χ1) is 8.00. The lowest BCUT2D eigenvalue weighted by Crippen LogP contribution is -2.16. The molecule has 1 amide bonds. The molecule has 1 aromatic carbocycles. The number of aryl methyl sites for hydroxylation is 2. The van der Waals surface area contributed by atoms with E-state index in [1.54, 1.807) is 4.57 Å². The quantitative estimate of drug-likeness (QED) is 0.827. The first-order valence-corrected chi connectivity index (χ1v) is 5.28. The highest BCUT2D eigenvalue weighted by Crippen LogP contribution is 2.24. The van der Waals surface area contributed by atoms with E-state index in [1.807, 2.05) is 32.0 Å². The molecule has 0 radical (unpaired) electrons. The molecule has 4 heteroatoms. The Kier molecular flexibility index (Phi) is 2.63. The molecule has 17 heavy (non-hydrogen) atoms. The summed E-state index contributed by atoms with van der Waals surface area (Å²) in [5, 5.41) is 9.50. The molecule has 2 rings (SSSR count). The van der Waals surface area contributed by atoms with Gasteiger partial charge in [0.15, 0.2) is 0 Å². The van der Waals surface area contributed by atoms with Crippen molar-refractivity contribution < 1.29 is 9.90 Å². The third-order valence-corrected chi connectivity index (χ3v) is 2.74. The SMILES string of the molecule is Cc1cccc(C)c1-n1cc(O)cc1C(N)=O. The van der Waals surface area contributed by atoms with Crippen molar-refractivity contribution in [1.82, 2.24) is 4.57 Å². The van der Waals surface area contributed by atoms with Crippen molar-refractivity contribution in [3.63, 3.8) is 0 Å². The van der Waals surface area contributed by atoms with Crippen LogP contribution >= 0.6 is 0 Å². The van der Waals surface area contributed by atoms with E-state index in [-0.39, 0.29) is 11.4 Å². The minimum absolute atomic E-state index is 0.0291. The fourth-order valence-electron chi connectivity index (χ4n) is 2.01. The fourth-order valence-corrected chi connectivity index (χ4v) is 2.01. The van der Waals surface area contributed by atoms with Crippen molar-refractivity contribution in [2.45, 2.75) is 13.8 Å². The van der Waals surface area contributed by atoms with Gasteiger partial charge >= 0.3 is 0 Å². The lowest BCUT2D eigenvalue weighted by molar-refractivity contribution is 0.0994. The standard InChI is InChI=1S/C13H14N2O2/c1-8-4-3-5-9(2)12(8)15-7-10(16)6-11(15)13(14)17/h3-7,16H,1-2H3,(H2,14,17). The van der Waals surface area contributed by atoms with Crippen LogP contribution < -0.4 is 5.73 Å². The van der Waals surface area contributed by atoms with Crippen molar-refractivity contribution in [1.29, 1.82) is 0 Å². The topological polar surface area (TPSA) is 68.2 Å². The number of carbonyl (C=O) groups is 1. The van der Waals surface area contributed by atoms with E-state index in [4.69, 9.17) is 5.73 Å². The number of para-hydroxylation sites is 1. The summed E-state index contributed by atoms with van der Waals surface area (Å²) in [7, 11) is 0. The normalized spacial score (nSPS) is 10.5. The Morgan fingerprint density at radius 2 is 1.88 bits per heavy atom. The average molecular weight is 230 g/mol. The molecule has 0 aliphatic heterocycles. The number of carbonyl (C=O) groups excluding carboxylic acids is 1. The Morgan fingerprint density at radius 3 is 2.41 bits per heavy atom. The third kappa shape index (κ3) is 1.89. The number of nitrogens with two attached hydrogens (primary N) is 1. The molecule has 88 valence electrons. The van der Waals surface area contributed by atoms with Crippen LogP contribution in [0.15, 0.2) is 30.5 Å². The van der Waals surface area contributed by atoms with E-state index in [0.29, 0.717) is 0 Å². The molecule has 0 aliphatic carbocycles. The zero-order valence-electron chi connectivity index (χ0n) is 9.77. The Bertz CT molecular complexity index is 565. The van der Waals surface area contributed by atoms with Gasteiger partial charge in [-0.1, -0.05) is 18.2 Å². The number of hydrogen-bond donors (Lipinski definition) is 2. The third-order valence-electron chi connectivity index (χ3n) is 2.74. The van der Waals surface area contributed by atoms with Gasteiger partial charge in [0.2, 0.25) is 0 Å². The van der Waals surface area contributed by atoms with E-state index in [0.717, 1.165) is 16.8 Å². The van der Waals surface area contributed by atoms with E-state index in [2.05, 4.69) is 0 Å². The van der Waals surface area contributed by atoms with E-state index in [9.17, 15) is 9.90 Å². The summed E-state index contributed by atoms with van der Waals surface area (Å²) in [5.74, 6) is -0.533. The number of benzene rings is 1. The van der Waals surface area contributed by atoms with Crippen molar-refractivity contribution in [2.24, 2.45) is 5.73 Å². The zero-order chi connectivity index (χ0) is 12.6. The maximum atomic E-state index is 11.3. The zero-order valence-corrected chi connectivity index (χ0v) is 9.77. The van der Waals surface area contributed by atoms with Crippen molar-refractivity contribution in [3.8, 4) is 11.4 Å². The van der Waals surface area contributed by atoms with Gasteiger partial charge in [-0.3, -0.25) is 4.79 Å². The minimum atomic E-state index is -0.562. The highest BCUT2D eigenvalue weighted by molar-refractivity contribution is 5.92. The van der Waals surface area contributed by atoms with Crippen LogP contribution in [0.4, 0.5) is 0 Å². The van der Waals surface area contributed by atoms with Gasteiger partial charge in [0.05, 0.1) is 11.9 Å². The molecule has 0 saturated carbocycles. The van der Waals surface area contributed by atoms with Gasteiger partial charge in [-0.2, -0.15) is 0 Å². The van der Waals surface area contributed by atoms with Crippen LogP contribution in [0.25, 0.3) is 5.69 Å². The second kappa shape index (κ2) is 3.97. The molecule has 0 aliphatic rings. The van der Waals surface area contributed by atoms with Gasteiger partial charge in [-0.05, 0) is 25.0 Å². The largest absolute Gasteiger partial charge is 0.506 e. The summed E-state index contributed by atoms with van der Waals surface area (Å²) >= 11 is 0. The average Bonchev–Trinajstić information content (AvgIpc) is 2.60. The van der Waals surface area contributed by atoms with Crippen LogP contribution in [-0.2, 0) is 0 Å². The predicted octanol–water partition coefficient (Wildman–Crippen LogP) is 1.90. The lowest BCUT2D eigenvalue weighted by atomic mass is 10.1. The minimum Gasteiger partial charge on any atom is -0.506 e. The smallest absolute Gasteiger partial charge is 0.265 e. The Balaban J connectivity index is 2.72. The Hall–Kier alpha value is -2.23. The predicted molar refractivity (Wildman–Crippen MR) is 65.4 cm³/mol. The Labute approximate surface area is 99.3 Å². The van der Waals surface area contributed by atoms with Crippen LogP contribution in [0.2, 0.25) is 0 Å². The number of rotatable bonds is 2. The summed E-state index contributed by atoms with van der Waals surface area (Å²) in [4.78, 5) is 11.3. The van der Waals surface area contributed by atoms with Crippen molar-refractivity contribution in [3.05, 3.63) is 47.3 Å². The van der Waals surface area contributed by atoms with E-state index < -0.39 is 5.91 Å². The van der Waals surface area contributed by atoms with E-state index >= 15 is 0 Å². The summed E-state index contributed by atoms with van der Waals surface area (Å²) in [5.41, 5.74) is 8.48. The molecule has 0 fully saturated rings. The molecule has 1 aromatic heterocycles. The maximum Gasteiger partial charge on any atom is 0.265 e. The van der Waals surface area contributed by atoms with Crippen LogP contribution in [0.1, 0.15) is 21.6 Å². The molecular formula is C13H14N2O2. The van der Waals surface area contributed by atoms with Crippen LogP contribution in [0, 0.1) is 13.8 Å². The van der Waals surface area contributed by atoms with Crippen LogP contribution in [0.3, 0.4) is 0 Å². The lowest BCUT2D eigenvalue weighted by Gasteiger charge is -2.12. The highest BCUT2D eigenvalue weighted by atomic mass is 16.3. The summed E-state index contributed by atoms with van der Waals surface area (Å²) in [6.07, 6.45) is 1.50. The second-order valence-corrected chi connectivity index (χ2v) is 4.06. The van der Waals surface area contributed by atoms with Crippen molar-refractivity contribution >= 4 is 5.91 Å². The number of amides is 1. The maximum absolute atomic E-state index is 11.3. The molecule has 0 bridgehead atoms. The Morgan fingerprint density at radius 1 is 1.29 bits per heavy atom. The summed E-state index contributed by atoms with van der Waals surface area (Å²) in [6.45, 7) is 3.90. The number of nitrogens with zero attached hydrogens (tertiary/aromatic N) is 1. The fraction of sp³-hybridized carbons (Fsp3) is 0.154. The number of primary amides is 1. The first kappa shape index (κ1) is 11.3. The molecule has 1 heterocycles. The highest BCUT2D eigenvalue weighted by Gasteiger charge is 2.14. The van der Waals surface area contributed by atoms with Gasteiger partial charge < -0.3 is 15.4 Å². The summed E-state index contributed by atoms with van der Waals surface area (Å²) < 4.78 is 1.63. The van der Waals surface area contributed by atoms with Gasteiger partial charge in [-0.15, -0.1) is 0 Å². The molecule has 2 aromatic rings. The molecular weight excluding hydrogens is 216 g/mol. The molecule has 0 spiro atoms. The van der Waals surface area contributed by atoms with Crippen LogP contribution in [-0.4, -0.2) is 15.6 Å². The number of aromatic nitrogens is 1. The first-order valence-electron chi connectivity index (χ1n) is 5.28. The number of aromatic hydroxyl groups is 1. The van der Waals surface area contributed by atoms with Gasteiger partial charge in [0.25, 0.3) is 5.91 Å². The van der Waals surface area contributed by atoms with Crippen molar-refractivity contribution in [2.75, 3.05) is 0 Å². The van der Waals surface area contributed by atoms with E-state index in [1.165, 1.54) is 12.3 Å². The second-order valence-electron chi connectivity index (χ2n) is 4.06. The molecule has 0 unspecified atom stereocenters. The van der Waals surface area contributed by atoms with Gasteiger partial charge in [0, 0.05) is 6.07 Å². The summed E-state index contributed by atoms with van der Waals surface area (Å²) in [6, 6.07) is 7.21. The molecule has 0 saturated heterocycles. The monoisotopic (exact) mass is 230 g/mol. The molecule has 0 atom stereocenters. The van der Waals surface area contributed by atoms with Crippen LogP contribution in [0.5, 0.6) is 5.75 Å². The number of hydrogen-bond acceptors (Lipinski definition) is 2. The molecule has 4 nitrogen and oxygen atoms in total. The van der Waals surface area contributed by atoms with Gasteiger partial charge in [0.1, 0.15) is 11.4 Å². The van der Waals surface area contributed by atoms with Gasteiger partial charge in [-0.25, -0.2) is 0 Å². The molecule has 3 N–H and O–H groups in total.